The Morgan fingerprint density at radius 2 is 2.06 bits per heavy atom. The molecule has 1 aliphatic rings. The molecule has 0 saturated carbocycles. The number of aryl methyl sites for hydroxylation is 1. The highest BCUT2D eigenvalue weighted by molar-refractivity contribution is 6.05. The monoisotopic (exact) mass is 466 g/mol. The first-order valence-electron chi connectivity index (χ1n) is 10.5. The summed E-state index contributed by atoms with van der Waals surface area (Å²) in [5.74, 6) is -0.987. The lowest BCUT2D eigenvalue weighted by atomic mass is 10.1. The fourth-order valence-corrected chi connectivity index (χ4v) is 4.02. The molecule has 3 aromatic heterocycles. The van der Waals surface area contributed by atoms with Gasteiger partial charge in [0.1, 0.15) is 22.8 Å². The number of ether oxygens (including phenoxy) is 1. The number of carbonyl (C=O) groups excluding carboxylic acids is 2. The Hall–Kier alpha value is -4.28. The number of hydrogen-bond donors (Lipinski definition) is 2. The Morgan fingerprint density at radius 1 is 1.24 bits per heavy atom. The number of anilines is 1. The van der Waals surface area contributed by atoms with E-state index in [9.17, 15) is 18.4 Å². The van der Waals surface area contributed by atoms with Gasteiger partial charge in [-0.2, -0.15) is 13.9 Å². The second-order valence-corrected chi connectivity index (χ2v) is 8.01. The summed E-state index contributed by atoms with van der Waals surface area (Å²) in [7, 11) is 1.74. The smallest absolute Gasteiger partial charge is 0.387 e. The van der Waals surface area contributed by atoms with Crippen LogP contribution in [0.3, 0.4) is 0 Å². The zero-order valence-electron chi connectivity index (χ0n) is 18.3. The Morgan fingerprint density at radius 3 is 2.79 bits per heavy atom. The fraction of sp³-hybridized carbons (Fsp3) is 0.217. The second kappa shape index (κ2) is 8.25. The summed E-state index contributed by atoms with van der Waals surface area (Å²) in [6.45, 7) is -0.686. The molecule has 1 aromatic carbocycles. The van der Waals surface area contributed by atoms with Gasteiger partial charge in [-0.15, -0.1) is 0 Å². The second-order valence-electron chi connectivity index (χ2n) is 8.01. The number of nitrogens with zero attached hydrogens (tertiary/aromatic N) is 4. The van der Waals surface area contributed by atoms with E-state index in [0.717, 1.165) is 5.39 Å². The van der Waals surface area contributed by atoms with Gasteiger partial charge in [-0.05, 0) is 42.8 Å². The van der Waals surface area contributed by atoms with E-state index < -0.39 is 12.5 Å². The molecule has 174 valence electrons. The number of amides is 2. The lowest BCUT2D eigenvalue weighted by molar-refractivity contribution is -0.0493. The number of alkyl halides is 2. The van der Waals surface area contributed by atoms with Crippen molar-refractivity contribution in [3.8, 4) is 16.9 Å². The van der Waals surface area contributed by atoms with Crippen molar-refractivity contribution in [1.29, 1.82) is 0 Å². The van der Waals surface area contributed by atoms with Crippen molar-refractivity contribution in [2.24, 2.45) is 7.05 Å². The normalized spacial score (nSPS) is 15.3. The molecule has 1 atom stereocenters. The molecule has 4 aromatic rings. The van der Waals surface area contributed by atoms with Crippen LogP contribution < -0.4 is 15.4 Å². The third-order valence-corrected chi connectivity index (χ3v) is 5.63. The van der Waals surface area contributed by atoms with E-state index in [2.05, 4.69) is 25.5 Å². The summed E-state index contributed by atoms with van der Waals surface area (Å²) in [5.41, 5.74) is 2.44. The van der Waals surface area contributed by atoms with Crippen LogP contribution in [0.2, 0.25) is 0 Å². The van der Waals surface area contributed by atoms with Crippen LogP contribution in [0.5, 0.6) is 5.75 Å². The quantitative estimate of drug-likeness (QED) is 0.468. The number of hydrogen-bond acceptors (Lipinski definition) is 5. The molecular formula is C23H20F2N6O3. The first-order chi connectivity index (χ1) is 16.3. The Kier molecular flexibility index (Phi) is 5.23. The van der Waals surface area contributed by atoms with Gasteiger partial charge >= 0.3 is 6.61 Å². The van der Waals surface area contributed by atoms with Crippen LogP contribution in [0.15, 0.2) is 48.8 Å². The van der Waals surface area contributed by atoms with Crippen molar-refractivity contribution in [3.05, 3.63) is 60.2 Å². The van der Waals surface area contributed by atoms with Gasteiger partial charge in [0.25, 0.3) is 11.8 Å². The molecule has 0 bridgehead atoms. The third kappa shape index (κ3) is 3.85. The first kappa shape index (κ1) is 21.6. The summed E-state index contributed by atoms with van der Waals surface area (Å²) >= 11 is 0. The van der Waals surface area contributed by atoms with Crippen molar-refractivity contribution < 1.29 is 23.1 Å². The molecule has 11 heteroatoms. The predicted molar refractivity (Wildman–Crippen MR) is 120 cm³/mol. The summed E-state index contributed by atoms with van der Waals surface area (Å²) in [4.78, 5) is 29.6. The number of halogens is 2. The van der Waals surface area contributed by atoms with E-state index in [1.165, 1.54) is 18.2 Å². The maximum atomic E-state index is 13.1. The number of carbonyl (C=O) groups is 2. The van der Waals surface area contributed by atoms with Gasteiger partial charge in [-0.25, -0.2) is 4.98 Å². The molecule has 1 aliphatic heterocycles. The number of rotatable bonds is 5. The molecule has 0 aliphatic carbocycles. The van der Waals surface area contributed by atoms with E-state index in [1.54, 1.807) is 46.9 Å². The van der Waals surface area contributed by atoms with Crippen molar-refractivity contribution >= 4 is 28.5 Å². The molecule has 9 nitrogen and oxygen atoms in total. The molecule has 2 N–H and O–H groups in total. The predicted octanol–water partition coefficient (Wildman–Crippen LogP) is 3.59. The van der Waals surface area contributed by atoms with Crippen LogP contribution in [-0.4, -0.2) is 44.3 Å². The zero-order valence-corrected chi connectivity index (χ0v) is 18.3. The van der Waals surface area contributed by atoms with Crippen LogP contribution >= 0.6 is 0 Å². The summed E-state index contributed by atoms with van der Waals surface area (Å²) in [6.07, 6.45) is 3.33. The fourth-order valence-electron chi connectivity index (χ4n) is 4.02. The zero-order chi connectivity index (χ0) is 24.0. The van der Waals surface area contributed by atoms with E-state index in [0.29, 0.717) is 29.0 Å². The molecule has 0 fully saturated rings. The van der Waals surface area contributed by atoms with Crippen LogP contribution in [0.1, 0.15) is 33.9 Å². The minimum atomic E-state index is -3.07. The maximum absolute atomic E-state index is 13.1. The highest BCUT2D eigenvalue weighted by Gasteiger charge is 2.26. The van der Waals surface area contributed by atoms with Crippen LogP contribution in [0, 0.1) is 0 Å². The molecule has 0 radical (unpaired) electrons. The van der Waals surface area contributed by atoms with Crippen molar-refractivity contribution in [2.75, 3.05) is 11.9 Å². The minimum Gasteiger partial charge on any atom is -0.433 e. The first-order valence-corrected chi connectivity index (χ1v) is 10.5. The average molecular weight is 466 g/mol. The lowest BCUT2D eigenvalue weighted by Gasteiger charge is -2.23. The number of pyridine rings is 1. The van der Waals surface area contributed by atoms with Crippen molar-refractivity contribution in [2.45, 2.75) is 19.6 Å². The Balaban J connectivity index is 1.47. The summed E-state index contributed by atoms with van der Waals surface area (Å²) < 4.78 is 34.2. The topological polar surface area (TPSA) is 103 Å². The molecule has 2 amide bonds. The largest absolute Gasteiger partial charge is 0.433 e. The van der Waals surface area contributed by atoms with Gasteiger partial charge in [-0.3, -0.25) is 14.3 Å². The summed E-state index contributed by atoms with van der Waals surface area (Å²) in [5, 5.41) is 10.2. The van der Waals surface area contributed by atoms with E-state index >= 15 is 0 Å². The van der Waals surface area contributed by atoms with Gasteiger partial charge in [0.15, 0.2) is 0 Å². The Bertz CT molecular complexity index is 1430. The van der Waals surface area contributed by atoms with Gasteiger partial charge in [0.2, 0.25) is 0 Å². The standard InChI is InChI=1S/C23H20F2N6O3/c1-12-9-26-22(33)18-7-14-4-6-17(28-20(14)31(12)18)21(32)29-16-5-3-13(8-19(16)34-23(24)25)15-10-27-30(2)11-15/h3-8,10-12,23H,9H2,1-2H3,(H,26,33)(H,29,32)/t12-/m1/s1. The number of nitrogens with one attached hydrogen (secondary N) is 2. The Labute approximate surface area is 192 Å². The van der Waals surface area contributed by atoms with E-state index in [4.69, 9.17) is 0 Å². The molecule has 0 unspecified atom stereocenters. The molecule has 0 saturated heterocycles. The maximum Gasteiger partial charge on any atom is 0.387 e. The SMILES string of the molecule is C[C@@H]1CNC(=O)c2cc3ccc(C(=O)Nc4ccc(-c5cnn(C)c5)cc4OC(F)F)nc3n21. The van der Waals surface area contributed by atoms with Gasteiger partial charge in [-0.1, -0.05) is 6.07 Å². The third-order valence-electron chi connectivity index (χ3n) is 5.63. The van der Waals surface area contributed by atoms with Gasteiger partial charge in [0, 0.05) is 30.7 Å². The molecule has 0 spiro atoms. The van der Waals surface area contributed by atoms with Crippen molar-refractivity contribution in [1.82, 2.24) is 24.6 Å². The molecular weight excluding hydrogens is 446 g/mol. The van der Waals surface area contributed by atoms with Crippen LogP contribution in [0.4, 0.5) is 14.5 Å². The van der Waals surface area contributed by atoms with Crippen molar-refractivity contribution in [3.63, 3.8) is 0 Å². The summed E-state index contributed by atoms with van der Waals surface area (Å²) in [6, 6.07) is 9.48. The van der Waals surface area contributed by atoms with Gasteiger partial charge < -0.3 is 19.9 Å². The molecule has 4 heterocycles. The number of aromatic nitrogens is 4. The highest BCUT2D eigenvalue weighted by Crippen LogP contribution is 2.32. The molecule has 5 rings (SSSR count). The molecule has 34 heavy (non-hydrogen) atoms. The minimum absolute atomic E-state index is 0.0397. The van der Waals surface area contributed by atoms with E-state index in [1.807, 2.05) is 6.92 Å². The number of benzene rings is 1. The lowest BCUT2D eigenvalue weighted by Crippen LogP contribution is -2.37. The highest BCUT2D eigenvalue weighted by atomic mass is 19.3. The van der Waals surface area contributed by atoms with E-state index in [-0.39, 0.29) is 29.1 Å². The van der Waals surface area contributed by atoms with Crippen LogP contribution in [0.25, 0.3) is 22.2 Å². The number of fused-ring (bicyclic) bond motifs is 3. The van der Waals surface area contributed by atoms with Crippen LogP contribution in [-0.2, 0) is 7.05 Å². The average Bonchev–Trinajstić information content (AvgIpc) is 3.41. The van der Waals surface area contributed by atoms with Gasteiger partial charge in [0.05, 0.1) is 17.9 Å².